The van der Waals surface area contributed by atoms with Gasteiger partial charge in [-0.2, -0.15) is 0 Å². The second-order valence-corrected chi connectivity index (χ2v) is 3.47. The van der Waals surface area contributed by atoms with Crippen molar-refractivity contribution in [3.8, 4) is 0 Å². The number of carbonyl (C=O) groups excluding carboxylic acids is 1. The number of halogens is 1. The van der Waals surface area contributed by atoms with Crippen LogP contribution >= 0.6 is 12.4 Å². The predicted octanol–water partition coefficient (Wildman–Crippen LogP) is 2.69. The number of esters is 1. The van der Waals surface area contributed by atoms with Gasteiger partial charge < -0.3 is 10.5 Å². The van der Waals surface area contributed by atoms with E-state index in [1.165, 1.54) is 7.11 Å². The Labute approximate surface area is 102 Å². The van der Waals surface area contributed by atoms with Gasteiger partial charge in [-0.1, -0.05) is 31.5 Å². The Balaban J connectivity index is 0.00000225. The molecule has 1 aromatic carbocycles. The van der Waals surface area contributed by atoms with Crippen LogP contribution in [0, 0.1) is 0 Å². The summed E-state index contributed by atoms with van der Waals surface area (Å²) in [5.74, 6) is -0.322. The van der Waals surface area contributed by atoms with Gasteiger partial charge in [-0.25, -0.2) is 4.79 Å². The van der Waals surface area contributed by atoms with Crippen molar-refractivity contribution in [3.05, 3.63) is 35.4 Å². The third-order valence-electron chi connectivity index (χ3n) is 2.37. The van der Waals surface area contributed by atoms with Crippen molar-refractivity contribution >= 4 is 18.4 Å². The zero-order valence-corrected chi connectivity index (χ0v) is 10.4. The number of benzene rings is 1. The number of hydrogen-bond donors (Lipinski definition) is 1. The zero-order valence-electron chi connectivity index (χ0n) is 9.60. The maximum absolute atomic E-state index is 11.5. The lowest BCUT2D eigenvalue weighted by Gasteiger charge is -2.14. The molecule has 0 amide bonds. The minimum atomic E-state index is -0.322. The van der Waals surface area contributed by atoms with Crippen molar-refractivity contribution in [1.82, 2.24) is 0 Å². The first kappa shape index (κ1) is 14.9. The summed E-state index contributed by atoms with van der Waals surface area (Å²) in [5, 5.41) is 0. The Bertz CT molecular complexity index is 342. The number of ether oxygens (including phenoxy) is 1. The molecule has 0 saturated heterocycles. The van der Waals surface area contributed by atoms with Crippen LogP contribution in [-0.4, -0.2) is 13.1 Å². The van der Waals surface area contributed by atoms with Crippen LogP contribution in [0.4, 0.5) is 0 Å². The van der Waals surface area contributed by atoms with E-state index in [4.69, 9.17) is 10.5 Å². The van der Waals surface area contributed by atoms with Crippen LogP contribution in [-0.2, 0) is 4.74 Å². The minimum absolute atomic E-state index is 0. The van der Waals surface area contributed by atoms with E-state index in [-0.39, 0.29) is 24.4 Å². The van der Waals surface area contributed by atoms with E-state index in [0.29, 0.717) is 5.56 Å². The van der Waals surface area contributed by atoms with Crippen molar-refractivity contribution in [3.63, 3.8) is 0 Å². The number of rotatable bonds is 4. The average molecular weight is 244 g/mol. The molecule has 1 rings (SSSR count). The van der Waals surface area contributed by atoms with Gasteiger partial charge in [-0.15, -0.1) is 12.4 Å². The van der Waals surface area contributed by atoms with E-state index in [1.54, 1.807) is 6.07 Å². The van der Waals surface area contributed by atoms with Crippen LogP contribution in [0.2, 0.25) is 0 Å². The molecule has 0 saturated carbocycles. The Morgan fingerprint density at radius 2 is 2.06 bits per heavy atom. The molecular formula is C12H18ClNO2. The van der Waals surface area contributed by atoms with Crippen LogP contribution in [0.25, 0.3) is 0 Å². The van der Waals surface area contributed by atoms with Gasteiger partial charge in [0.25, 0.3) is 0 Å². The molecule has 0 aliphatic heterocycles. The molecule has 0 aliphatic carbocycles. The molecular weight excluding hydrogens is 226 g/mol. The van der Waals surface area contributed by atoms with E-state index in [1.807, 2.05) is 18.2 Å². The first-order chi connectivity index (χ1) is 7.20. The Hall–Kier alpha value is -1.06. The molecule has 0 spiro atoms. The molecule has 2 N–H and O–H groups in total. The fraction of sp³-hybridized carbons (Fsp3) is 0.417. The van der Waals surface area contributed by atoms with Gasteiger partial charge >= 0.3 is 5.97 Å². The summed E-state index contributed by atoms with van der Waals surface area (Å²) in [4.78, 5) is 11.5. The Morgan fingerprint density at radius 3 is 2.62 bits per heavy atom. The second kappa shape index (κ2) is 7.25. The van der Waals surface area contributed by atoms with Gasteiger partial charge in [0.1, 0.15) is 0 Å². The van der Waals surface area contributed by atoms with E-state index < -0.39 is 0 Å². The first-order valence-corrected chi connectivity index (χ1v) is 5.13. The van der Waals surface area contributed by atoms with Gasteiger partial charge in [-0.3, -0.25) is 0 Å². The van der Waals surface area contributed by atoms with Crippen LogP contribution in [0.3, 0.4) is 0 Å². The van der Waals surface area contributed by atoms with Crippen LogP contribution < -0.4 is 5.73 Å². The van der Waals surface area contributed by atoms with E-state index in [2.05, 4.69) is 6.92 Å². The lowest BCUT2D eigenvalue weighted by atomic mass is 9.98. The largest absolute Gasteiger partial charge is 0.465 e. The molecule has 0 bridgehead atoms. The van der Waals surface area contributed by atoms with Gasteiger partial charge in [0.2, 0.25) is 0 Å². The van der Waals surface area contributed by atoms with E-state index in [0.717, 1.165) is 18.4 Å². The molecule has 90 valence electrons. The summed E-state index contributed by atoms with van der Waals surface area (Å²) in [6, 6.07) is 7.24. The molecule has 0 heterocycles. The predicted molar refractivity (Wildman–Crippen MR) is 66.9 cm³/mol. The molecule has 0 unspecified atom stereocenters. The fourth-order valence-electron chi connectivity index (χ4n) is 1.58. The molecule has 1 atom stereocenters. The summed E-state index contributed by atoms with van der Waals surface area (Å²) >= 11 is 0. The van der Waals surface area contributed by atoms with Gasteiger partial charge in [-0.05, 0) is 18.1 Å². The normalized spacial score (nSPS) is 11.4. The summed E-state index contributed by atoms with van der Waals surface area (Å²) in [5.41, 5.74) is 7.43. The van der Waals surface area contributed by atoms with Gasteiger partial charge in [0.15, 0.2) is 0 Å². The third kappa shape index (κ3) is 3.51. The fourth-order valence-corrected chi connectivity index (χ4v) is 1.58. The van der Waals surface area contributed by atoms with Gasteiger partial charge in [0.05, 0.1) is 12.7 Å². The second-order valence-electron chi connectivity index (χ2n) is 3.47. The highest BCUT2D eigenvalue weighted by molar-refractivity contribution is 5.91. The Morgan fingerprint density at radius 1 is 1.44 bits per heavy atom. The van der Waals surface area contributed by atoms with Crippen molar-refractivity contribution in [2.75, 3.05) is 7.11 Å². The van der Waals surface area contributed by atoms with Crippen molar-refractivity contribution in [2.45, 2.75) is 25.8 Å². The monoisotopic (exact) mass is 243 g/mol. The molecule has 1 aromatic rings. The minimum Gasteiger partial charge on any atom is -0.465 e. The van der Waals surface area contributed by atoms with E-state index >= 15 is 0 Å². The highest BCUT2D eigenvalue weighted by Crippen LogP contribution is 2.20. The summed E-state index contributed by atoms with van der Waals surface area (Å²) in [6.45, 7) is 2.07. The maximum Gasteiger partial charge on any atom is 0.338 e. The highest BCUT2D eigenvalue weighted by Gasteiger charge is 2.15. The smallest absolute Gasteiger partial charge is 0.338 e. The lowest BCUT2D eigenvalue weighted by Crippen LogP contribution is -2.15. The van der Waals surface area contributed by atoms with Crippen molar-refractivity contribution < 1.29 is 9.53 Å². The number of nitrogens with two attached hydrogens (primary N) is 1. The standard InChI is InChI=1S/C12H17NO2.ClH/c1-3-6-11(13)9-7-4-5-8-10(9)12(14)15-2;/h4-5,7-8,11H,3,6,13H2,1-2H3;1H/t11-;/m1./s1. The maximum atomic E-state index is 11.5. The zero-order chi connectivity index (χ0) is 11.3. The SMILES string of the molecule is CCC[C@@H](N)c1ccccc1C(=O)OC.Cl. The van der Waals surface area contributed by atoms with Crippen LogP contribution in [0.1, 0.15) is 41.7 Å². The molecule has 0 aromatic heterocycles. The summed E-state index contributed by atoms with van der Waals surface area (Å²) in [6.07, 6.45) is 1.87. The number of carbonyl (C=O) groups is 1. The van der Waals surface area contributed by atoms with Crippen LogP contribution in [0.15, 0.2) is 24.3 Å². The van der Waals surface area contributed by atoms with Crippen molar-refractivity contribution in [1.29, 1.82) is 0 Å². The van der Waals surface area contributed by atoms with Gasteiger partial charge in [0, 0.05) is 6.04 Å². The average Bonchev–Trinajstić information content (AvgIpc) is 2.28. The summed E-state index contributed by atoms with van der Waals surface area (Å²) in [7, 11) is 1.38. The summed E-state index contributed by atoms with van der Waals surface area (Å²) < 4.78 is 4.71. The molecule has 4 heteroatoms. The molecule has 0 fully saturated rings. The quantitative estimate of drug-likeness (QED) is 0.828. The molecule has 16 heavy (non-hydrogen) atoms. The molecule has 0 aliphatic rings. The number of methoxy groups -OCH3 is 1. The lowest BCUT2D eigenvalue weighted by molar-refractivity contribution is 0.0599. The third-order valence-corrected chi connectivity index (χ3v) is 2.37. The topological polar surface area (TPSA) is 52.3 Å². The first-order valence-electron chi connectivity index (χ1n) is 5.13. The van der Waals surface area contributed by atoms with E-state index in [9.17, 15) is 4.79 Å². The Kier molecular flexibility index (Phi) is 6.77. The number of hydrogen-bond acceptors (Lipinski definition) is 3. The molecule has 0 radical (unpaired) electrons. The van der Waals surface area contributed by atoms with Crippen LogP contribution in [0.5, 0.6) is 0 Å². The van der Waals surface area contributed by atoms with Crippen molar-refractivity contribution in [2.24, 2.45) is 5.73 Å². The molecule has 3 nitrogen and oxygen atoms in total. The highest BCUT2D eigenvalue weighted by atomic mass is 35.5.